The van der Waals surface area contributed by atoms with Crippen LogP contribution in [0.3, 0.4) is 0 Å². The summed E-state index contributed by atoms with van der Waals surface area (Å²) in [5.74, 6) is 1.30. The van der Waals surface area contributed by atoms with Gasteiger partial charge in [0.25, 0.3) is 0 Å². The molecule has 3 heteroatoms. The van der Waals surface area contributed by atoms with E-state index in [2.05, 4.69) is 25.7 Å². The summed E-state index contributed by atoms with van der Waals surface area (Å²) in [6.45, 7) is 9.73. The summed E-state index contributed by atoms with van der Waals surface area (Å²) in [5.41, 5.74) is 5.84. The minimum Gasteiger partial charge on any atom is -0.380 e. The van der Waals surface area contributed by atoms with Crippen molar-refractivity contribution in [3.63, 3.8) is 0 Å². The zero-order valence-corrected chi connectivity index (χ0v) is 10.6. The van der Waals surface area contributed by atoms with Gasteiger partial charge in [0.2, 0.25) is 0 Å². The van der Waals surface area contributed by atoms with E-state index in [1.165, 1.54) is 13.0 Å². The molecule has 1 saturated heterocycles. The molecule has 90 valence electrons. The highest BCUT2D eigenvalue weighted by Gasteiger charge is 2.30. The van der Waals surface area contributed by atoms with Gasteiger partial charge in [-0.1, -0.05) is 20.8 Å². The lowest BCUT2D eigenvalue weighted by Crippen LogP contribution is -2.52. The van der Waals surface area contributed by atoms with Crippen molar-refractivity contribution in [2.75, 3.05) is 26.7 Å². The monoisotopic (exact) mass is 214 g/mol. The van der Waals surface area contributed by atoms with Gasteiger partial charge in [-0.3, -0.25) is 4.90 Å². The van der Waals surface area contributed by atoms with E-state index in [9.17, 15) is 0 Å². The predicted octanol–water partition coefficient (Wildman–Crippen LogP) is 1.33. The lowest BCUT2D eigenvalue weighted by molar-refractivity contribution is -0.0242. The van der Waals surface area contributed by atoms with Gasteiger partial charge >= 0.3 is 0 Å². The number of hydrogen-bond acceptors (Lipinski definition) is 3. The summed E-state index contributed by atoms with van der Waals surface area (Å²) < 4.78 is 5.53. The van der Waals surface area contributed by atoms with Crippen molar-refractivity contribution in [1.29, 1.82) is 0 Å². The molecule has 0 spiro atoms. The minimum atomic E-state index is 0.381. The van der Waals surface area contributed by atoms with Crippen molar-refractivity contribution in [2.45, 2.75) is 39.3 Å². The maximum atomic E-state index is 5.84. The molecule has 0 saturated carbocycles. The van der Waals surface area contributed by atoms with Crippen LogP contribution in [0.2, 0.25) is 0 Å². The number of piperidine rings is 1. The molecular weight excluding hydrogens is 188 g/mol. The Bertz CT molecular complexity index is 184. The Kier molecular flexibility index (Phi) is 5.03. The molecule has 2 N–H and O–H groups in total. The van der Waals surface area contributed by atoms with Gasteiger partial charge in [0.1, 0.15) is 0 Å². The Morgan fingerprint density at radius 3 is 2.60 bits per heavy atom. The van der Waals surface area contributed by atoms with Crippen LogP contribution < -0.4 is 5.73 Å². The molecule has 1 fully saturated rings. The summed E-state index contributed by atoms with van der Waals surface area (Å²) in [6, 6.07) is 0.509. The van der Waals surface area contributed by atoms with E-state index >= 15 is 0 Å². The van der Waals surface area contributed by atoms with Crippen LogP contribution in [0.25, 0.3) is 0 Å². The maximum Gasteiger partial charge on any atom is 0.0724 e. The lowest BCUT2D eigenvalue weighted by atomic mass is 9.92. The second-order valence-corrected chi connectivity index (χ2v) is 5.08. The number of rotatable bonds is 4. The molecular formula is C12H26N2O. The highest BCUT2D eigenvalue weighted by molar-refractivity contribution is 4.84. The second kappa shape index (κ2) is 5.83. The van der Waals surface area contributed by atoms with Gasteiger partial charge in [0, 0.05) is 26.2 Å². The first-order chi connectivity index (χ1) is 7.10. The van der Waals surface area contributed by atoms with Crippen molar-refractivity contribution < 1.29 is 4.74 Å². The largest absolute Gasteiger partial charge is 0.380 e. The number of likely N-dealkylation sites (tertiary alicyclic amines) is 1. The molecule has 0 amide bonds. The van der Waals surface area contributed by atoms with E-state index in [0.717, 1.165) is 13.1 Å². The van der Waals surface area contributed by atoms with Gasteiger partial charge in [-0.2, -0.15) is 0 Å². The van der Waals surface area contributed by atoms with Crippen molar-refractivity contribution >= 4 is 0 Å². The van der Waals surface area contributed by atoms with E-state index in [1.54, 1.807) is 0 Å². The van der Waals surface area contributed by atoms with Crippen LogP contribution in [-0.2, 0) is 4.74 Å². The van der Waals surface area contributed by atoms with E-state index in [-0.39, 0.29) is 0 Å². The van der Waals surface area contributed by atoms with Crippen LogP contribution in [-0.4, -0.2) is 43.8 Å². The highest BCUT2D eigenvalue weighted by Crippen LogP contribution is 2.23. The fourth-order valence-electron chi connectivity index (χ4n) is 2.51. The Morgan fingerprint density at radius 2 is 2.13 bits per heavy atom. The fraction of sp³-hybridized carbons (Fsp3) is 1.00. The van der Waals surface area contributed by atoms with E-state index in [1.807, 2.05) is 7.11 Å². The van der Waals surface area contributed by atoms with Crippen LogP contribution in [0.5, 0.6) is 0 Å². The third-order valence-corrected chi connectivity index (χ3v) is 3.70. The van der Waals surface area contributed by atoms with E-state index in [0.29, 0.717) is 24.0 Å². The molecule has 0 bridgehead atoms. The van der Waals surface area contributed by atoms with Gasteiger partial charge in [0.15, 0.2) is 0 Å². The molecule has 0 aromatic carbocycles. The van der Waals surface area contributed by atoms with Crippen molar-refractivity contribution in [3.05, 3.63) is 0 Å². The van der Waals surface area contributed by atoms with E-state index in [4.69, 9.17) is 10.5 Å². The smallest absolute Gasteiger partial charge is 0.0724 e. The molecule has 0 aromatic rings. The minimum absolute atomic E-state index is 0.381. The van der Waals surface area contributed by atoms with Gasteiger partial charge < -0.3 is 10.5 Å². The molecule has 1 rings (SSSR count). The third-order valence-electron chi connectivity index (χ3n) is 3.70. The Morgan fingerprint density at radius 1 is 1.47 bits per heavy atom. The van der Waals surface area contributed by atoms with Crippen LogP contribution in [0.15, 0.2) is 0 Å². The molecule has 0 radical (unpaired) electrons. The van der Waals surface area contributed by atoms with Crippen molar-refractivity contribution in [2.24, 2.45) is 17.6 Å². The molecule has 0 aliphatic carbocycles. The molecule has 1 heterocycles. The number of nitrogens with zero attached hydrogens (tertiary/aromatic N) is 1. The van der Waals surface area contributed by atoms with Gasteiger partial charge in [-0.15, -0.1) is 0 Å². The van der Waals surface area contributed by atoms with Crippen LogP contribution >= 0.6 is 0 Å². The average Bonchev–Trinajstić information content (AvgIpc) is 2.21. The normalized spacial score (nSPS) is 30.8. The number of hydrogen-bond donors (Lipinski definition) is 1. The molecule has 1 aliphatic rings. The first-order valence-electron chi connectivity index (χ1n) is 6.07. The summed E-state index contributed by atoms with van der Waals surface area (Å²) in [4.78, 5) is 2.50. The second-order valence-electron chi connectivity index (χ2n) is 5.08. The van der Waals surface area contributed by atoms with Crippen LogP contribution in [0.1, 0.15) is 27.2 Å². The lowest BCUT2D eigenvalue weighted by Gasteiger charge is -2.41. The van der Waals surface area contributed by atoms with Crippen molar-refractivity contribution in [3.8, 4) is 0 Å². The predicted molar refractivity (Wildman–Crippen MR) is 63.8 cm³/mol. The molecule has 3 unspecified atom stereocenters. The zero-order chi connectivity index (χ0) is 11.4. The van der Waals surface area contributed by atoms with Gasteiger partial charge in [-0.25, -0.2) is 0 Å². The fourth-order valence-corrected chi connectivity index (χ4v) is 2.51. The van der Waals surface area contributed by atoms with Gasteiger partial charge in [0.05, 0.1) is 6.10 Å². The zero-order valence-electron chi connectivity index (χ0n) is 10.6. The van der Waals surface area contributed by atoms with Gasteiger partial charge in [-0.05, 0) is 24.8 Å². The summed E-state index contributed by atoms with van der Waals surface area (Å²) in [5, 5.41) is 0. The third kappa shape index (κ3) is 3.16. The molecule has 0 aromatic heterocycles. The first kappa shape index (κ1) is 12.9. The summed E-state index contributed by atoms with van der Waals surface area (Å²) in [6.07, 6.45) is 1.60. The highest BCUT2D eigenvalue weighted by atomic mass is 16.5. The summed E-state index contributed by atoms with van der Waals surface area (Å²) in [7, 11) is 1.82. The first-order valence-corrected chi connectivity index (χ1v) is 6.07. The summed E-state index contributed by atoms with van der Waals surface area (Å²) >= 11 is 0. The number of ether oxygens (including phenoxy) is 1. The topological polar surface area (TPSA) is 38.5 Å². The van der Waals surface area contributed by atoms with E-state index < -0.39 is 0 Å². The molecule has 3 nitrogen and oxygen atoms in total. The molecule has 15 heavy (non-hydrogen) atoms. The van der Waals surface area contributed by atoms with Crippen LogP contribution in [0.4, 0.5) is 0 Å². The molecule has 3 atom stereocenters. The SMILES string of the molecule is COC1CN(C(CN)C(C)C)CCC1C. The number of nitrogens with two attached hydrogens (primary N) is 1. The average molecular weight is 214 g/mol. The number of methoxy groups -OCH3 is 1. The van der Waals surface area contributed by atoms with Crippen molar-refractivity contribution in [1.82, 2.24) is 4.90 Å². The Balaban J connectivity index is 2.56. The molecule has 1 aliphatic heterocycles. The Labute approximate surface area is 94.0 Å². The maximum absolute atomic E-state index is 5.84. The Hall–Kier alpha value is -0.120. The standard InChI is InChI=1S/C12H26N2O/c1-9(2)11(7-13)14-6-5-10(3)12(8-14)15-4/h9-12H,5-8,13H2,1-4H3. The van der Waals surface area contributed by atoms with Crippen LogP contribution in [0, 0.1) is 11.8 Å². The quantitative estimate of drug-likeness (QED) is 0.767.